The molecule has 0 radical (unpaired) electrons. The van der Waals surface area contributed by atoms with Gasteiger partial charge in [0.15, 0.2) is 0 Å². The first-order chi connectivity index (χ1) is 11.1. The van der Waals surface area contributed by atoms with Gasteiger partial charge in [-0.3, -0.25) is 4.79 Å². The molecule has 0 heterocycles. The average molecular weight is 353 g/mol. The Morgan fingerprint density at radius 3 is 2.12 bits per heavy atom. The van der Waals surface area contributed by atoms with E-state index in [2.05, 4.69) is 5.32 Å². The Hall–Kier alpha value is -1.70. The second-order valence-electron chi connectivity index (χ2n) is 6.55. The summed E-state index contributed by atoms with van der Waals surface area (Å²) in [7, 11) is -1.23. The summed E-state index contributed by atoms with van der Waals surface area (Å²) in [6, 6.07) is 8.52. The van der Waals surface area contributed by atoms with E-state index in [0.717, 1.165) is 5.19 Å². The smallest absolute Gasteiger partial charge is 0.328 e. The Morgan fingerprint density at radius 1 is 1.17 bits per heavy atom. The van der Waals surface area contributed by atoms with Gasteiger partial charge in [0.1, 0.15) is 6.04 Å². The highest BCUT2D eigenvalue weighted by molar-refractivity contribution is 6.91. The molecule has 7 heteroatoms. The zero-order valence-corrected chi connectivity index (χ0v) is 15.8. The second-order valence-corrected chi connectivity index (χ2v) is 11.2. The largest absolute Gasteiger partial charge is 0.467 e. The fourth-order valence-corrected chi connectivity index (χ4v) is 6.66. The third-order valence-electron chi connectivity index (χ3n) is 4.39. The third-order valence-corrected chi connectivity index (χ3v) is 8.55. The van der Waals surface area contributed by atoms with E-state index in [1.165, 1.54) is 21.0 Å². The van der Waals surface area contributed by atoms with Gasteiger partial charge in [-0.15, -0.1) is 0 Å². The van der Waals surface area contributed by atoms with Gasteiger partial charge in [-0.1, -0.05) is 48.6 Å². The fraction of sp³-hybridized carbons (Fsp3) is 0.529. The molecule has 0 saturated heterocycles. The van der Waals surface area contributed by atoms with Crippen molar-refractivity contribution in [1.29, 1.82) is 0 Å². The zero-order chi connectivity index (χ0) is 18.5. The highest BCUT2D eigenvalue weighted by atomic mass is 28.3. The van der Waals surface area contributed by atoms with Gasteiger partial charge in [-0.05, 0) is 6.92 Å². The Labute approximate surface area is 143 Å². The number of carbonyl (C=O) groups excluding carboxylic acids is 2. The lowest BCUT2D eigenvalue weighted by molar-refractivity contribution is -0.146. The van der Waals surface area contributed by atoms with E-state index in [0.29, 0.717) is 0 Å². The monoisotopic (exact) mass is 353 g/mol. The molecule has 0 aliphatic carbocycles. The van der Waals surface area contributed by atoms with Crippen molar-refractivity contribution in [2.45, 2.75) is 50.7 Å². The maximum atomic E-state index is 12.3. The number of amides is 1. The van der Waals surface area contributed by atoms with E-state index in [1.54, 1.807) is 0 Å². The minimum absolute atomic E-state index is 0.397. The van der Waals surface area contributed by atoms with E-state index < -0.39 is 43.7 Å². The van der Waals surface area contributed by atoms with E-state index in [1.807, 2.05) is 43.4 Å². The van der Waals surface area contributed by atoms with Gasteiger partial charge < -0.3 is 20.3 Å². The molecule has 1 aromatic carbocycles. The maximum Gasteiger partial charge on any atom is 0.328 e. The van der Waals surface area contributed by atoms with Crippen LogP contribution in [0.2, 0.25) is 18.6 Å². The number of aliphatic hydroxyl groups is 2. The van der Waals surface area contributed by atoms with Crippen LogP contribution in [0.15, 0.2) is 30.3 Å². The summed E-state index contributed by atoms with van der Waals surface area (Å²) >= 11 is 0. The number of methoxy groups -OCH3 is 1. The molecule has 0 aliphatic heterocycles. The summed E-state index contributed by atoms with van der Waals surface area (Å²) in [6.07, 6.45) is -2.23. The molecule has 0 aliphatic rings. The van der Waals surface area contributed by atoms with E-state index in [9.17, 15) is 19.8 Å². The minimum Gasteiger partial charge on any atom is -0.467 e. The first-order valence-corrected chi connectivity index (χ1v) is 11.0. The van der Waals surface area contributed by atoms with Crippen LogP contribution in [0.25, 0.3) is 0 Å². The summed E-state index contributed by atoms with van der Waals surface area (Å²) in [6.45, 7) is 6.76. The van der Waals surface area contributed by atoms with Crippen molar-refractivity contribution < 1.29 is 24.5 Å². The normalized spacial score (nSPS) is 16.6. The van der Waals surface area contributed by atoms with E-state index in [4.69, 9.17) is 4.74 Å². The molecule has 0 aromatic heterocycles. The topological polar surface area (TPSA) is 95.9 Å². The van der Waals surface area contributed by atoms with Gasteiger partial charge in [0.2, 0.25) is 5.91 Å². The fourth-order valence-electron chi connectivity index (χ4n) is 3.04. The van der Waals surface area contributed by atoms with Gasteiger partial charge >= 0.3 is 5.97 Å². The van der Waals surface area contributed by atoms with Crippen LogP contribution in [0.1, 0.15) is 13.8 Å². The first-order valence-electron chi connectivity index (χ1n) is 7.89. The van der Waals surface area contributed by atoms with Crippen LogP contribution in [0.3, 0.4) is 0 Å². The Bertz CT molecular complexity index is 561. The molecule has 6 nitrogen and oxygen atoms in total. The molecule has 0 bridgehead atoms. The molecule has 24 heavy (non-hydrogen) atoms. The van der Waals surface area contributed by atoms with Crippen molar-refractivity contribution in [3.63, 3.8) is 0 Å². The summed E-state index contributed by atoms with van der Waals surface area (Å²) < 4.78 is 4.83. The Kier molecular flexibility index (Phi) is 7.13. The van der Waals surface area contributed by atoms with Crippen LogP contribution >= 0.6 is 0 Å². The average Bonchev–Trinajstić information content (AvgIpc) is 2.53. The van der Waals surface area contributed by atoms with Crippen LogP contribution in [0, 0.1) is 0 Å². The molecule has 0 unspecified atom stereocenters. The molecule has 0 spiro atoms. The molecule has 1 amide bonds. The van der Waals surface area contributed by atoms with Crippen molar-refractivity contribution in [3.05, 3.63) is 30.3 Å². The zero-order valence-electron chi connectivity index (χ0n) is 14.8. The van der Waals surface area contributed by atoms with Gasteiger partial charge in [0.25, 0.3) is 0 Å². The van der Waals surface area contributed by atoms with E-state index in [-0.39, 0.29) is 0 Å². The number of ether oxygens (including phenoxy) is 1. The molecule has 4 atom stereocenters. The second kappa shape index (κ2) is 8.41. The van der Waals surface area contributed by atoms with Gasteiger partial charge in [0, 0.05) is 12.5 Å². The summed E-state index contributed by atoms with van der Waals surface area (Å²) in [5.41, 5.74) is -0.656. The van der Waals surface area contributed by atoms with Crippen molar-refractivity contribution in [2.75, 3.05) is 7.11 Å². The van der Waals surface area contributed by atoms with E-state index >= 15 is 0 Å². The summed E-state index contributed by atoms with van der Waals surface area (Å²) in [4.78, 5) is 23.9. The number of esters is 1. The summed E-state index contributed by atoms with van der Waals surface area (Å²) in [5.74, 6) is -1.03. The Balaban J connectivity index is 3.42. The van der Waals surface area contributed by atoms with Crippen molar-refractivity contribution >= 4 is 25.1 Å². The molecule has 134 valence electrons. The van der Waals surface area contributed by atoms with Crippen molar-refractivity contribution in [2.24, 2.45) is 0 Å². The van der Waals surface area contributed by atoms with Gasteiger partial charge in [-0.25, -0.2) is 4.79 Å². The van der Waals surface area contributed by atoms with Crippen LogP contribution in [-0.2, 0) is 14.3 Å². The van der Waals surface area contributed by atoms with Crippen LogP contribution in [0.4, 0.5) is 0 Å². The first kappa shape index (κ1) is 20.3. The highest BCUT2D eigenvalue weighted by Crippen LogP contribution is 2.32. The maximum absolute atomic E-state index is 12.3. The number of benzene rings is 1. The number of nitrogens with one attached hydrogen (secondary N) is 1. The lowest BCUT2D eigenvalue weighted by Gasteiger charge is -2.41. The number of carbonyl (C=O) groups is 2. The SMILES string of the molecule is COC(=O)[C@@H](NC(C)=O)[C@@H]([C@@H](O)[C@H](C)O)[Si](C)(C)c1ccccc1. The number of aliphatic hydroxyl groups excluding tert-OH is 2. The Morgan fingerprint density at radius 2 is 1.71 bits per heavy atom. The molecule has 0 saturated carbocycles. The molecule has 0 fully saturated rings. The standard InChI is InChI=1S/C17H27NO5Si/c1-11(19)15(21)16(14(17(22)23-3)18-12(2)20)24(4,5)13-9-7-6-8-10-13/h6-11,14-16,19,21H,1-5H3,(H,18,20)/t11-,14-,15-,16-/m0/s1. The van der Waals surface area contributed by atoms with Gasteiger partial charge in [0.05, 0.1) is 27.4 Å². The van der Waals surface area contributed by atoms with Crippen molar-refractivity contribution in [1.82, 2.24) is 5.32 Å². The number of rotatable bonds is 7. The molecular formula is C17H27NO5Si. The quantitative estimate of drug-likeness (QED) is 0.487. The van der Waals surface area contributed by atoms with Crippen molar-refractivity contribution in [3.8, 4) is 0 Å². The number of hydrogen-bond donors (Lipinski definition) is 3. The van der Waals surface area contributed by atoms with Crippen LogP contribution < -0.4 is 10.5 Å². The molecule has 1 aromatic rings. The molecule has 1 rings (SSSR count). The third kappa shape index (κ3) is 4.65. The predicted molar refractivity (Wildman–Crippen MR) is 94.6 cm³/mol. The molecule has 3 N–H and O–H groups in total. The number of hydrogen-bond acceptors (Lipinski definition) is 5. The lowest BCUT2D eigenvalue weighted by Crippen LogP contribution is -2.61. The molecular weight excluding hydrogens is 326 g/mol. The van der Waals surface area contributed by atoms with Crippen LogP contribution in [-0.4, -0.2) is 55.5 Å². The minimum atomic E-state index is -2.47. The summed E-state index contributed by atoms with van der Waals surface area (Å²) in [5, 5.41) is 24.2. The predicted octanol–water partition coefficient (Wildman–Crippen LogP) is 0.392. The van der Waals surface area contributed by atoms with Gasteiger partial charge in [-0.2, -0.15) is 0 Å². The highest BCUT2D eigenvalue weighted by Gasteiger charge is 2.48. The van der Waals surface area contributed by atoms with Crippen LogP contribution in [0.5, 0.6) is 0 Å². The lowest BCUT2D eigenvalue weighted by atomic mass is 10.0.